The van der Waals surface area contributed by atoms with Crippen molar-refractivity contribution in [3.63, 3.8) is 0 Å². The van der Waals surface area contributed by atoms with E-state index in [9.17, 15) is 19.7 Å². The summed E-state index contributed by atoms with van der Waals surface area (Å²) < 4.78 is 0. The van der Waals surface area contributed by atoms with E-state index in [0.29, 0.717) is 0 Å². The van der Waals surface area contributed by atoms with Gasteiger partial charge in [-0.25, -0.2) is 0 Å². The average Bonchev–Trinajstić information content (AvgIpc) is 2.63. The molecular weight excluding hydrogens is 520 g/mol. The second-order valence-corrected chi connectivity index (χ2v) is 6.32. The third-order valence-electron chi connectivity index (χ3n) is 2.46. The topological polar surface area (TPSA) is 103 Å². The number of halogens is 8. The summed E-state index contributed by atoms with van der Waals surface area (Å²) in [7, 11) is 8.22. The van der Waals surface area contributed by atoms with Crippen LogP contribution in [0.5, 0.6) is 0 Å². The molecule has 26 heavy (non-hydrogen) atoms. The molecule has 2 rings (SSSR count). The van der Waals surface area contributed by atoms with Crippen LogP contribution >= 0.6 is 91.3 Å². The lowest BCUT2D eigenvalue weighted by Gasteiger charge is -2.08. The molecule has 0 bridgehead atoms. The van der Waals surface area contributed by atoms with Crippen LogP contribution in [0.15, 0.2) is 32.3 Å². The van der Waals surface area contributed by atoms with Crippen molar-refractivity contribution in [2.45, 2.75) is 0 Å². The fraction of sp³-hybridized carbons (Fsp3) is 0. The molecule has 0 saturated carbocycles. The van der Waals surface area contributed by atoms with Crippen LogP contribution in [0.4, 0.5) is 11.4 Å². The van der Waals surface area contributed by atoms with Gasteiger partial charge in [-0.15, -0.1) is 0 Å². The molecule has 0 saturated heterocycles. The van der Waals surface area contributed by atoms with Crippen LogP contribution in [-0.4, -0.2) is 16.5 Å². The van der Waals surface area contributed by atoms with Gasteiger partial charge in [-0.1, -0.05) is 69.6 Å². The zero-order chi connectivity index (χ0) is 20.8. The number of nitro benzene ring substituents is 1. The first-order valence-corrected chi connectivity index (χ1v) is 9.13. The Hall–Kier alpha value is -0.440. The number of Topliss-reactive ketones (excluding diaryl/α,β-unsaturated/α-hetero) is 2. The van der Waals surface area contributed by atoms with E-state index in [2.05, 4.69) is 21.7 Å². The van der Waals surface area contributed by atoms with Crippen molar-refractivity contribution in [1.29, 1.82) is 0 Å². The number of ketones is 2. The highest BCUT2D eigenvalue weighted by Crippen LogP contribution is 2.33. The quantitative estimate of drug-likeness (QED) is 0.199. The number of rotatable bonds is 1. The maximum atomic E-state index is 11.0. The second kappa shape index (κ2) is 11.4. The molecule has 2 N–H and O–H groups in total. The predicted octanol–water partition coefficient (Wildman–Crippen LogP) is 6.38. The average molecular weight is 524 g/mol. The highest BCUT2D eigenvalue weighted by Gasteiger charge is 2.31. The number of hydrogen-bond donors (Lipinski definition) is 1. The van der Waals surface area contributed by atoms with E-state index in [1.165, 1.54) is 0 Å². The molecule has 0 atom stereocenters. The van der Waals surface area contributed by atoms with Crippen molar-refractivity contribution in [2.75, 3.05) is 5.73 Å². The monoisotopic (exact) mass is 520 g/mol. The van der Waals surface area contributed by atoms with Gasteiger partial charge in [-0.3, -0.25) is 19.7 Å². The number of nitrogens with zero attached hydrogens (tertiary/aromatic N) is 1. The van der Waals surface area contributed by atoms with E-state index in [0.717, 1.165) is 12.1 Å². The van der Waals surface area contributed by atoms with Crippen molar-refractivity contribution in [3.05, 3.63) is 52.4 Å². The Bertz CT molecular complexity index is 736. The Balaban J connectivity index is 0.000000439. The lowest BCUT2D eigenvalue weighted by atomic mass is 10.1. The molecule has 6 nitrogen and oxygen atoms in total. The maximum Gasteiger partial charge on any atom is 0.272 e. The fourth-order valence-electron chi connectivity index (χ4n) is 1.27. The zero-order valence-electron chi connectivity index (χ0n) is 11.8. The van der Waals surface area contributed by atoms with E-state index >= 15 is 0 Å². The van der Waals surface area contributed by atoms with Gasteiger partial charge in [0.15, 0.2) is 0 Å². The summed E-state index contributed by atoms with van der Waals surface area (Å²) in [5, 5.41) is 8.88. The molecule has 0 aromatic heterocycles. The van der Waals surface area contributed by atoms with Gasteiger partial charge in [0.25, 0.3) is 5.69 Å². The van der Waals surface area contributed by atoms with Gasteiger partial charge in [0, 0.05) is 33.8 Å². The number of carbonyl (C=O) groups excluding carboxylic acids is 2. The summed E-state index contributed by atoms with van der Waals surface area (Å²) in [6.07, 6.45) is 0. The number of non-ortho nitro benzene ring substituents is 1. The fourth-order valence-corrected chi connectivity index (χ4v) is 2.56. The molecular formula is C12H4Cl8N2O4. The summed E-state index contributed by atoms with van der Waals surface area (Å²) in [6, 6.07) is 2.31. The molecule has 1 aliphatic rings. The number of allylic oxidation sites excluding steroid dienone is 4. The molecule has 1 aliphatic carbocycles. The van der Waals surface area contributed by atoms with Crippen molar-refractivity contribution < 1.29 is 14.5 Å². The molecule has 0 heterocycles. The van der Waals surface area contributed by atoms with Crippen LogP contribution in [0.1, 0.15) is 0 Å². The van der Waals surface area contributed by atoms with Crippen LogP contribution in [0, 0.1) is 10.1 Å². The summed E-state index contributed by atoms with van der Waals surface area (Å²) in [6.45, 7) is 0. The van der Waals surface area contributed by atoms with Crippen molar-refractivity contribution in [2.24, 2.45) is 0 Å². The molecule has 1 aromatic rings. The first-order chi connectivity index (χ1) is 12.0. The Morgan fingerprint density at radius 3 is 1.27 bits per heavy atom. The molecule has 0 unspecified atom stereocenters. The summed E-state index contributed by atoms with van der Waals surface area (Å²) >= 11 is 32.6. The van der Waals surface area contributed by atoms with Crippen LogP contribution in [0.25, 0.3) is 0 Å². The maximum absolute atomic E-state index is 11.0. The first kappa shape index (κ1) is 25.6. The minimum Gasteiger partial charge on any atom is -0.396 e. The number of nitrogens with two attached hydrogens (primary N) is 1. The highest BCUT2D eigenvalue weighted by molar-refractivity contribution is 6.85. The van der Waals surface area contributed by atoms with E-state index in [1.807, 2.05) is 0 Å². The zero-order valence-corrected chi connectivity index (χ0v) is 17.9. The Kier molecular flexibility index (Phi) is 11.2. The minimum absolute atomic E-state index is 0.0919. The first-order valence-electron chi connectivity index (χ1n) is 5.72. The smallest absolute Gasteiger partial charge is 0.272 e. The van der Waals surface area contributed by atoms with Crippen molar-refractivity contribution in [3.8, 4) is 0 Å². The normalized spacial score (nSPS) is 13.7. The lowest BCUT2D eigenvalue weighted by molar-refractivity contribution is -0.384. The van der Waals surface area contributed by atoms with Gasteiger partial charge in [-0.2, -0.15) is 0 Å². The molecule has 142 valence electrons. The number of hydrogen-bond acceptors (Lipinski definition) is 5. The molecule has 14 heteroatoms. The third-order valence-corrected chi connectivity index (χ3v) is 4.72. The standard InChI is InChI=1S/C6Cl4O2.C6H4Cl2N2O2.Cl2/c7-1-2(8)6(12)4(10)3(9)5(1)11;7-4-1-3(10(11)12)2-5(8)6(4)9;1-2/h;1-2H,9H2;. The number of nitrogen functional groups attached to an aromatic ring is 1. The van der Waals surface area contributed by atoms with Crippen LogP contribution < -0.4 is 5.73 Å². The summed E-state index contributed by atoms with van der Waals surface area (Å²) in [5.41, 5.74) is 5.35. The van der Waals surface area contributed by atoms with Gasteiger partial charge in [0.1, 0.15) is 20.1 Å². The Morgan fingerprint density at radius 1 is 0.769 bits per heavy atom. The molecule has 0 aliphatic heterocycles. The van der Waals surface area contributed by atoms with E-state index in [1.54, 1.807) is 0 Å². The number of carbonyl (C=O) groups is 2. The second-order valence-electron chi connectivity index (χ2n) is 3.99. The number of nitro groups is 1. The Labute approximate surface area is 186 Å². The largest absolute Gasteiger partial charge is 0.396 e. The number of benzene rings is 1. The summed E-state index contributed by atoms with van der Waals surface area (Å²) in [5.74, 6) is -1.46. The predicted molar refractivity (Wildman–Crippen MR) is 107 cm³/mol. The molecule has 1 aromatic carbocycles. The SMILES string of the molecule is ClCl.Nc1c(Cl)cc([N+](=O)[O-])cc1Cl.O=C1C(Cl)=C(Cl)C(=O)C(Cl)=C1Cl. The molecule has 0 radical (unpaired) electrons. The molecule has 0 fully saturated rings. The van der Waals surface area contributed by atoms with Gasteiger partial charge in [0.05, 0.1) is 20.7 Å². The van der Waals surface area contributed by atoms with Crippen LogP contribution in [0.2, 0.25) is 10.0 Å². The highest BCUT2D eigenvalue weighted by atomic mass is 36.5. The van der Waals surface area contributed by atoms with Crippen molar-refractivity contribution >= 4 is 114 Å². The van der Waals surface area contributed by atoms with Gasteiger partial charge in [0.2, 0.25) is 11.6 Å². The molecule has 0 amide bonds. The van der Waals surface area contributed by atoms with Gasteiger partial charge >= 0.3 is 0 Å². The minimum atomic E-state index is -0.729. The van der Waals surface area contributed by atoms with Crippen molar-refractivity contribution in [1.82, 2.24) is 0 Å². The van der Waals surface area contributed by atoms with E-state index in [4.69, 9.17) is 75.3 Å². The van der Waals surface area contributed by atoms with E-state index in [-0.39, 0.29) is 21.4 Å². The Morgan fingerprint density at radius 2 is 1.04 bits per heavy atom. The van der Waals surface area contributed by atoms with Crippen LogP contribution in [-0.2, 0) is 9.59 Å². The van der Waals surface area contributed by atoms with Gasteiger partial charge in [-0.05, 0) is 0 Å². The number of anilines is 1. The lowest BCUT2D eigenvalue weighted by Crippen LogP contribution is -2.14. The van der Waals surface area contributed by atoms with E-state index < -0.39 is 36.6 Å². The van der Waals surface area contributed by atoms with Crippen LogP contribution in [0.3, 0.4) is 0 Å². The summed E-state index contributed by atoms with van der Waals surface area (Å²) in [4.78, 5) is 31.7. The molecule has 0 spiro atoms. The third kappa shape index (κ3) is 6.32. The van der Waals surface area contributed by atoms with Gasteiger partial charge < -0.3 is 5.73 Å².